The zero-order chi connectivity index (χ0) is 24.0. The van der Waals surface area contributed by atoms with Gasteiger partial charge in [0.25, 0.3) is 0 Å². The molecule has 10 heteroatoms. The lowest BCUT2D eigenvalue weighted by Crippen LogP contribution is -2.56. The van der Waals surface area contributed by atoms with Crippen molar-refractivity contribution >= 4 is 28.7 Å². The van der Waals surface area contributed by atoms with Crippen molar-refractivity contribution in [1.29, 1.82) is 0 Å². The minimum Gasteiger partial charge on any atom is -0.480 e. The van der Waals surface area contributed by atoms with E-state index in [1.165, 1.54) is 12.5 Å². The lowest BCUT2D eigenvalue weighted by molar-refractivity contribution is -0.142. The number of nitrogens with one attached hydrogen (secondary N) is 4. The quantitative estimate of drug-likeness (QED) is 0.254. The smallest absolute Gasteiger partial charge is 0.326 e. The summed E-state index contributed by atoms with van der Waals surface area (Å²) < 4.78 is 0. The van der Waals surface area contributed by atoms with Crippen LogP contribution >= 0.6 is 0 Å². The molecule has 0 saturated heterocycles. The number of para-hydroxylation sites is 1. The number of nitrogens with zero attached hydrogens (tertiary/aromatic N) is 1. The fraction of sp³-hybridized carbons (Fsp3) is 0.391. The fourth-order valence-electron chi connectivity index (χ4n) is 3.60. The summed E-state index contributed by atoms with van der Waals surface area (Å²) in [6.07, 6.45) is 5.63. The average Bonchev–Trinajstić information content (AvgIpc) is 3.47. The highest BCUT2D eigenvalue weighted by molar-refractivity contribution is 5.93. The van der Waals surface area contributed by atoms with Gasteiger partial charge in [-0.15, -0.1) is 0 Å². The summed E-state index contributed by atoms with van der Waals surface area (Å²) in [5.74, 6) is -2.32. The Morgan fingerprint density at radius 3 is 2.48 bits per heavy atom. The zero-order valence-electron chi connectivity index (χ0n) is 18.7. The second-order valence-electron chi connectivity index (χ2n) is 8.22. The van der Waals surface area contributed by atoms with Crippen LogP contribution in [0.1, 0.15) is 31.5 Å². The molecule has 0 spiro atoms. The van der Waals surface area contributed by atoms with Crippen molar-refractivity contribution < 1.29 is 19.5 Å². The summed E-state index contributed by atoms with van der Waals surface area (Å²) >= 11 is 0. The molecule has 4 atom stereocenters. The molecule has 0 saturated carbocycles. The van der Waals surface area contributed by atoms with Crippen LogP contribution in [0.5, 0.6) is 0 Å². The first-order valence-electron chi connectivity index (χ1n) is 10.9. The predicted molar refractivity (Wildman–Crippen MR) is 123 cm³/mol. The van der Waals surface area contributed by atoms with E-state index in [-0.39, 0.29) is 18.8 Å². The summed E-state index contributed by atoms with van der Waals surface area (Å²) in [6.45, 7) is 3.80. The minimum absolute atomic E-state index is 0.0290. The second kappa shape index (κ2) is 10.8. The van der Waals surface area contributed by atoms with E-state index in [1.54, 1.807) is 6.20 Å². The molecule has 1 aromatic carbocycles. The number of H-pyrrole nitrogens is 2. The standard InChI is InChI=1S/C23H30N6O4/c1-3-13(2)20(24)22(31)28-18(8-14-10-26-17-7-5-4-6-16(14)17)21(30)29-19(23(32)33)9-15-11-25-12-27-15/h4-7,10-13,18-20,26H,3,8-9,24H2,1-2H3,(H,25,27)(H,28,31)(H,29,30)(H,32,33)/t13-,18-,19-,20-/m0/s1. The van der Waals surface area contributed by atoms with Gasteiger partial charge in [-0.3, -0.25) is 9.59 Å². The maximum atomic E-state index is 13.2. The molecule has 2 aromatic heterocycles. The number of aromatic amines is 2. The van der Waals surface area contributed by atoms with Crippen LogP contribution in [0.3, 0.4) is 0 Å². The molecule has 2 heterocycles. The van der Waals surface area contributed by atoms with Gasteiger partial charge in [0.05, 0.1) is 12.4 Å². The van der Waals surface area contributed by atoms with Crippen LogP contribution in [-0.4, -0.2) is 56.0 Å². The molecule has 0 bridgehead atoms. The first-order valence-corrected chi connectivity index (χ1v) is 10.9. The first-order chi connectivity index (χ1) is 15.8. The van der Waals surface area contributed by atoms with Crippen molar-refractivity contribution in [2.24, 2.45) is 11.7 Å². The molecule has 3 rings (SSSR count). The van der Waals surface area contributed by atoms with E-state index in [9.17, 15) is 19.5 Å². The van der Waals surface area contributed by atoms with Crippen molar-refractivity contribution in [3.05, 3.63) is 54.2 Å². The van der Waals surface area contributed by atoms with Crippen molar-refractivity contribution in [3.63, 3.8) is 0 Å². The van der Waals surface area contributed by atoms with Crippen LogP contribution in [0.25, 0.3) is 10.9 Å². The molecule has 0 aliphatic heterocycles. The molecule has 2 amide bonds. The van der Waals surface area contributed by atoms with Gasteiger partial charge in [-0.05, 0) is 17.5 Å². The number of hydrogen-bond donors (Lipinski definition) is 6. The summed E-state index contributed by atoms with van der Waals surface area (Å²) in [5, 5.41) is 15.8. The van der Waals surface area contributed by atoms with Gasteiger partial charge >= 0.3 is 5.97 Å². The number of amides is 2. The third-order valence-electron chi connectivity index (χ3n) is 5.89. The Hall–Kier alpha value is -3.66. The van der Waals surface area contributed by atoms with Crippen molar-refractivity contribution in [3.8, 4) is 0 Å². The van der Waals surface area contributed by atoms with Crippen molar-refractivity contribution in [2.45, 2.75) is 51.2 Å². The molecule has 0 radical (unpaired) electrons. The van der Waals surface area contributed by atoms with Gasteiger partial charge < -0.3 is 31.4 Å². The van der Waals surface area contributed by atoms with Gasteiger partial charge in [-0.25, -0.2) is 9.78 Å². The van der Waals surface area contributed by atoms with E-state index >= 15 is 0 Å². The van der Waals surface area contributed by atoms with Gasteiger partial charge in [-0.1, -0.05) is 38.5 Å². The Morgan fingerprint density at radius 1 is 1.09 bits per heavy atom. The van der Waals surface area contributed by atoms with Crippen LogP contribution < -0.4 is 16.4 Å². The molecule has 0 unspecified atom stereocenters. The Kier molecular flexibility index (Phi) is 7.83. The fourth-order valence-corrected chi connectivity index (χ4v) is 3.60. The molecular weight excluding hydrogens is 424 g/mol. The molecule has 33 heavy (non-hydrogen) atoms. The summed E-state index contributed by atoms with van der Waals surface area (Å²) in [4.78, 5) is 47.6. The normalized spacial score (nSPS) is 14.9. The lowest BCUT2D eigenvalue weighted by atomic mass is 9.98. The number of carbonyl (C=O) groups excluding carboxylic acids is 2. The van der Waals surface area contributed by atoms with E-state index in [1.807, 2.05) is 38.1 Å². The summed E-state index contributed by atoms with van der Waals surface area (Å²) in [7, 11) is 0. The minimum atomic E-state index is -1.19. The van der Waals surface area contributed by atoms with E-state index in [4.69, 9.17) is 5.73 Å². The first kappa shape index (κ1) is 24.0. The second-order valence-corrected chi connectivity index (χ2v) is 8.22. The van der Waals surface area contributed by atoms with Gasteiger partial charge in [-0.2, -0.15) is 0 Å². The molecule has 0 aliphatic carbocycles. The van der Waals surface area contributed by atoms with Crippen LogP contribution in [0.15, 0.2) is 43.0 Å². The van der Waals surface area contributed by atoms with Gasteiger partial charge in [0.2, 0.25) is 11.8 Å². The van der Waals surface area contributed by atoms with E-state index in [2.05, 4.69) is 25.6 Å². The number of carboxylic acids is 1. The van der Waals surface area contributed by atoms with E-state index < -0.39 is 35.9 Å². The highest BCUT2D eigenvalue weighted by atomic mass is 16.4. The summed E-state index contributed by atoms with van der Waals surface area (Å²) in [5.41, 5.74) is 8.36. The number of carbonyl (C=O) groups is 3. The number of aliphatic carboxylic acids is 1. The Morgan fingerprint density at radius 2 is 1.82 bits per heavy atom. The van der Waals surface area contributed by atoms with Crippen molar-refractivity contribution in [1.82, 2.24) is 25.6 Å². The highest BCUT2D eigenvalue weighted by Crippen LogP contribution is 2.19. The lowest BCUT2D eigenvalue weighted by Gasteiger charge is -2.24. The maximum Gasteiger partial charge on any atom is 0.326 e. The largest absolute Gasteiger partial charge is 0.480 e. The van der Waals surface area contributed by atoms with Crippen LogP contribution in [0, 0.1) is 5.92 Å². The van der Waals surface area contributed by atoms with Crippen LogP contribution in [0.2, 0.25) is 0 Å². The molecule has 7 N–H and O–H groups in total. The van der Waals surface area contributed by atoms with Crippen molar-refractivity contribution in [2.75, 3.05) is 0 Å². The number of imidazole rings is 1. The average molecular weight is 455 g/mol. The van der Waals surface area contributed by atoms with Crippen LogP contribution in [-0.2, 0) is 27.2 Å². The Labute approximate surface area is 191 Å². The molecule has 176 valence electrons. The van der Waals surface area contributed by atoms with Gasteiger partial charge in [0, 0.05) is 41.8 Å². The maximum absolute atomic E-state index is 13.2. The summed E-state index contributed by atoms with van der Waals surface area (Å²) in [6, 6.07) is 4.63. The molecule has 3 aromatic rings. The van der Waals surface area contributed by atoms with E-state index in [0.29, 0.717) is 12.1 Å². The molecular formula is C23H30N6O4. The Balaban J connectivity index is 1.82. The number of aromatic nitrogens is 3. The monoisotopic (exact) mass is 454 g/mol. The third-order valence-corrected chi connectivity index (χ3v) is 5.89. The number of nitrogens with two attached hydrogens (primary N) is 1. The predicted octanol–water partition coefficient (Wildman–Crippen LogP) is 1.10. The van der Waals surface area contributed by atoms with Gasteiger partial charge in [0.15, 0.2) is 0 Å². The van der Waals surface area contributed by atoms with Crippen LogP contribution in [0.4, 0.5) is 0 Å². The number of fused-ring (bicyclic) bond motifs is 1. The van der Waals surface area contributed by atoms with Gasteiger partial charge in [0.1, 0.15) is 12.1 Å². The highest BCUT2D eigenvalue weighted by Gasteiger charge is 2.30. The molecule has 0 aliphatic rings. The molecule has 10 nitrogen and oxygen atoms in total. The zero-order valence-corrected chi connectivity index (χ0v) is 18.7. The number of hydrogen-bond acceptors (Lipinski definition) is 5. The SMILES string of the molecule is CC[C@H](C)[C@H](N)C(=O)N[C@@H](Cc1c[nH]c2ccccc12)C(=O)N[C@@H](Cc1cnc[nH]1)C(=O)O. The topological polar surface area (TPSA) is 166 Å². The molecule has 0 fully saturated rings. The number of carboxylic acid groups (broad SMARTS) is 1. The Bertz CT molecular complexity index is 1090. The number of rotatable bonds is 11. The van der Waals surface area contributed by atoms with E-state index in [0.717, 1.165) is 16.5 Å². The third kappa shape index (κ3) is 5.98. The number of benzene rings is 1.